The Morgan fingerprint density at radius 2 is 1.86 bits per heavy atom. The Hall–Kier alpha value is -1.23. The van der Waals surface area contributed by atoms with Crippen molar-refractivity contribution in [2.45, 2.75) is 45.5 Å². The highest BCUT2D eigenvalue weighted by Crippen LogP contribution is 2.38. The average molecular weight is 301 g/mol. The third-order valence-electron chi connectivity index (χ3n) is 4.08. The monoisotopic (exact) mass is 301 g/mol. The Kier molecular flexibility index (Phi) is 5.14. The summed E-state index contributed by atoms with van der Waals surface area (Å²) < 4.78 is 40.3. The minimum absolute atomic E-state index is 0.165. The highest BCUT2D eigenvalue weighted by molar-refractivity contribution is 5.28. The number of hydrogen-bond donors (Lipinski definition) is 1. The van der Waals surface area contributed by atoms with Gasteiger partial charge in [0.1, 0.15) is 5.75 Å². The van der Waals surface area contributed by atoms with Gasteiger partial charge in [-0.1, -0.05) is 26.0 Å². The summed E-state index contributed by atoms with van der Waals surface area (Å²) in [7, 11) is 0. The molecule has 1 N–H and O–H groups in total. The summed E-state index contributed by atoms with van der Waals surface area (Å²) in [5, 5.41) is 3.49. The normalized spacial score (nSPS) is 18.3. The summed E-state index contributed by atoms with van der Waals surface area (Å²) >= 11 is 0. The van der Waals surface area contributed by atoms with Crippen LogP contribution in [0.1, 0.15) is 32.3 Å². The van der Waals surface area contributed by atoms with Gasteiger partial charge in [-0.3, -0.25) is 0 Å². The van der Waals surface area contributed by atoms with Crippen LogP contribution in [-0.2, 0) is 6.42 Å². The maximum atomic E-state index is 12.1. The molecule has 0 aliphatic heterocycles. The first kappa shape index (κ1) is 16.1. The van der Waals surface area contributed by atoms with Crippen molar-refractivity contribution < 1.29 is 17.9 Å². The molecular formula is C16H22F3NO. The van der Waals surface area contributed by atoms with Crippen LogP contribution in [0.4, 0.5) is 13.2 Å². The topological polar surface area (TPSA) is 21.3 Å². The number of rotatable bonds is 7. The number of benzene rings is 1. The molecule has 2 rings (SSSR count). The van der Waals surface area contributed by atoms with E-state index in [0.717, 1.165) is 24.4 Å². The fraction of sp³-hybridized carbons (Fsp3) is 0.625. The van der Waals surface area contributed by atoms with Crippen molar-refractivity contribution >= 4 is 0 Å². The number of hydrogen-bond acceptors (Lipinski definition) is 2. The predicted octanol–water partition coefficient (Wildman–Crippen LogP) is 4.15. The first-order chi connectivity index (χ1) is 9.89. The zero-order valence-corrected chi connectivity index (χ0v) is 12.4. The van der Waals surface area contributed by atoms with Crippen molar-refractivity contribution in [3.05, 3.63) is 29.8 Å². The molecule has 0 radical (unpaired) electrons. The molecule has 2 atom stereocenters. The highest BCUT2D eigenvalue weighted by Gasteiger charge is 2.33. The third-order valence-corrected chi connectivity index (χ3v) is 4.08. The molecule has 1 saturated carbocycles. The summed E-state index contributed by atoms with van der Waals surface area (Å²) in [4.78, 5) is 0. The van der Waals surface area contributed by atoms with Crippen molar-refractivity contribution in [1.29, 1.82) is 0 Å². The lowest BCUT2D eigenvalue weighted by Crippen LogP contribution is -2.37. The van der Waals surface area contributed by atoms with E-state index in [1.807, 2.05) is 0 Å². The Labute approximate surface area is 123 Å². The fourth-order valence-corrected chi connectivity index (χ4v) is 2.74. The largest absolute Gasteiger partial charge is 0.573 e. The second-order valence-corrected chi connectivity index (χ2v) is 5.76. The number of likely N-dealkylation sites (N-methyl/N-ethyl adjacent to an activating group) is 1. The van der Waals surface area contributed by atoms with Crippen molar-refractivity contribution in [1.82, 2.24) is 5.32 Å². The van der Waals surface area contributed by atoms with Gasteiger partial charge in [-0.2, -0.15) is 0 Å². The number of ether oxygens (including phenoxy) is 1. The maximum absolute atomic E-state index is 12.1. The summed E-state index contributed by atoms with van der Waals surface area (Å²) in [6, 6.07) is 6.56. The number of nitrogens with one attached hydrogen (secondary N) is 1. The molecule has 1 aliphatic rings. The molecule has 0 bridgehead atoms. The fourth-order valence-electron chi connectivity index (χ4n) is 2.74. The zero-order chi connectivity index (χ0) is 15.5. The predicted molar refractivity (Wildman–Crippen MR) is 76.2 cm³/mol. The molecule has 0 saturated heterocycles. The van der Waals surface area contributed by atoms with E-state index in [-0.39, 0.29) is 5.75 Å². The molecule has 0 aromatic heterocycles. The van der Waals surface area contributed by atoms with Crippen LogP contribution >= 0.6 is 0 Å². The van der Waals surface area contributed by atoms with Crippen LogP contribution in [0.5, 0.6) is 5.75 Å². The van der Waals surface area contributed by atoms with Gasteiger partial charge < -0.3 is 10.1 Å². The van der Waals surface area contributed by atoms with E-state index in [1.54, 1.807) is 12.1 Å². The molecule has 2 unspecified atom stereocenters. The van der Waals surface area contributed by atoms with E-state index in [1.165, 1.54) is 25.0 Å². The standard InChI is InChI=1S/C16H22F3NO/c1-3-20-15(11(2)13-6-7-13)10-12-4-8-14(9-5-12)21-16(17,18)19/h4-5,8-9,11,13,15,20H,3,6-7,10H2,1-2H3. The minimum Gasteiger partial charge on any atom is -0.406 e. The van der Waals surface area contributed by atoms with Gasteiger partial charge in [0.05, 0.1) is 0 Å². The molecule has 21 heavy (non-hydrogen) atoms. The van der Waals surface area contributed by atoms with Crippen molar-refractivity contribution in [3.63, 3.8) is 0 Å². The quantitative estimate of drug-likeness (QED) is 0.817. The van der Waals surface area contributed by atoms with E-state index < -0.39 is 6.36 Å². The molecule has 1 aromatic carbocycles. The SMILES string of the molecule is CCNC(Cc1ccc(OC(F)(F)F)cc1)C(C)C1CC1. The zero-order valence-electron chi connectivity index (χ0n) is 12.4. The van der Waals surface area contributed by atoms with Crippen LogP contribution in [0.25, 0.3) is 0 Å². The molecule has 1 aliphatic carbocycles. The molecule has 118 valence electrons. The highest BCUT2D eigenvalue weighted by atomic mass is 19.4. The van der Waals surface area contributed by atoms with Gasteiger partial charge in [0, 0.05) is 6.04 Å². The number of halogens is 3. The smallest absolute Gasteiger partial charge is 0.406 e. The summed E-state index contributed by atoms with van der Waals surface area (Å²) in [5.74, 6) is 1.22. The van der Waals surface area contributed by atoms with Crippen LogP contribution in [0.3, 0.4) is 0 Å². The maximum Gasteiger partial charge on any atom is 0.573 e. The van der Waals surface area contributed by atoms with Crippen molar-refractivity contribution in [2.75, 3.05) is 6.54 Å². The van der Waals surface area contributed by atoms with Crippen LogP contribution in [-0.4, -0.2) is 18.9 Å². The van der Waals surface area contributed by atoms with Gasteiger partial charge in [-0.05, 0) is 55.3 Å². The van der Waals surface area contributed by atoms with Gasteiger partial charge in [0.2, 0.25) is 0 Å². The first-order valence-corrected chi connectivity index (χ1v) is 7.47. The molecule has 0 spiro atoms. The second kappa shape index (κ2) is 6.69. The van der Waals surface area contributed by atoms with Crippen LogP contribution < -0.4 is 10.1 Å². The minimum atomic E-state index is -4.63. The molecule has 5 heteroatoms. The lowest BCUT2D eigenvalue weighted by atomic mass is 9.91. The lowest BCUT2D eigenvalue weighted by molar-refractivity contribution is -0.274. The Bertz CT molecular complexity index is 440. The second-order valence-electron chi connectivity index (χ2n) is 5.76. The van der Waals surface area contributed by atoms with Crippen molar-refractivity contribution in [3.8, 4) is 5.75 Å². The Morgan fingerprint density at radius 1 is 1.24 bits per heavy atom. The summed E-state index contributed by atoms with van der Waals surface area (Å²) in [6.45, 7) is 5.23. The van der Waals surface area contributed by atoms with E-state index in [9.17, 15) is 13.2 Å². The van der Waals surface area contributed by atoms with Crippen LogP contribution in [0.2, 0.25) is 0 Å². The summed E-state index contributed by atoms with van der Waals surface area (Å²) in [5.41, 5.74) is 1.03. The molecule has 2 nitrogen and oxygen atoms in total. The lowest BCUT2D eigenvalue weighted by Gasteiger charge is -2.25. The first-order valence-electron chi connectivity index (χ1n) is 7.47. The van der Waals surface area contributed by atoms with E-state index in [0.29, 0.717) is 12.0 Å². The Balaban J connectivity index is 1.96. The van der Waals surface area contributed by atoms with Crippen LogP contribution in [0, 0.1) is 11.8 Å². The summed E-state index contributed by atoms with van der Waals surface area (Å²) in [6.07, 6.45) is -1.21. The third kappa shape index (κ3) is 5.23. The molecule has 0 amide bonds. The van der Waals surface area contributed by atoms with Gasteiger partial charge in [-0.15, -0.1) is 13.2 Å². The Morgan fingerprint density at radius 3 is 2.33 bits per heavy atom. The number of alkyl halides is 3. The van der Waals surface area contributed by atoms with Gasteiger partial charge in [-0.25, -0.2) is 0 Å². The van der Waals surface area contributed by atoms with E-state index in [2.05, 4.69) is 23.9 Å². The molecule has 1 aromatic rings. The van der Waals surface area contributed by atoms with Gasteiger partial charge in [0.25, 0.3) is 0 Å². The van der Waals surface area contributed by atoms with Crippen molar-refractivity contribution in [2.24, 2.45) is 11.8 Å². The van der Waals surface area contributed by atoms with E-state index >= 15 is 0 Å². The average Bonchev–Trinajstić information content (AvgIpc) is 3.22. The van der Waals surface area contributed by atoms with E-state index in [4.69, 9.17) is 0 Å². The van der Waals surface area contributed by atoms with Gasteiger partial charge in [0.15, 0.2) is 0 Å². The molecule has 0 heterocycles. The van der Waals surface area contributed by atoms with Gasteiger partial charge >= 0.3 is 6.36 Å². The molecular weight excluding hydrogens is 279 g/mol. The molecule has 1 fully saturated rings. The van der Waals surface area contributed by atoms with Crippen LogP contribution in [0.15, 0.2) is 24.3 Å².